The van der Waals surface area contributed by atoms with Gasteiger partial charge < -0.3 is 27.9 Å². The van der Waals surface area contributed by atoms with Gasteiger partial charge in [-0.2, -0.15) is 21.6 Å². The van der Waals surface area contributed by atoms with Crippen molar-refractivity contribution in [2.24, 2.45) is 0 Å². The van der Waals surface area contributed by atoms with E-state index in [1.54, 1.807) is 6.07 Å². The second-order valence-electron chi connectivity index (χ2n) is 12.9. The Morgan fingerprint density at radius 3 is 2.20 bits per heavy atom. The summed E-state index contributed by atoms with van der Waals surface area (Å²) in [4.78, 5) is 0.819. The summed E-state index contributed by atoms with van der Waals surface area (Å²) in [7, 11) is -5.99. The molecule has 1 aliphatic rings. The largest absolute Gasteiger partial charge is 0.534 e. The Hall–Kier alpha value is -2.42. The van der Waals surface area contributed by atoms with Crippen molar-refractivity contribution in [2.75, 3.05) is 33.0 Å². The minimum Gasteiger partial charge on any atom is -0.493 e. The Balaban J connectivity index is 1.86. The minimum absolute atomic E-state index is 0.109. The van der Waals surface area contributed by atoms with Crippen LogP contribution in [0.25, 0.3) is 10.1 Å². The highest BCUT2D eigenvalue weighted by Crippen LogP contribution is 2.44. The molecule has 4 rings (SSSR count). The van der Waals surface area contributed by atoms with Gasteiger partial charge in [-0.1, -0.05) is 71.6 Å². The zero-order valence-electron chi connectivity index (χ0n) is 30.2. The van der Waals surface area contributed by atoms with E-state index in [0.29, 0.717) is 44.8 Å². The summed E-state index contributed by atoms with van der Waals surface area (Å²) >= 11 is 1.48. The SMILES string of the molecule is CCCCOC[C@@H]1C[C@H](OCCCC)[C@@H](OCCCC)[C@H](c2cc(Cc3cc4ccccc4s3)c(OS(=O)(=O)C(F)(F)F)cc2OCCCC)O1. The van der Waals surface area contributed by atoms with Crippen molar-refractivity contribution < 1.29 is 49.5 Å². The quantitative estimate of drug-likeness (QED) is 0.0569. The Morgan fingerprint density at radius 2 is 1.51 bits per heavy atom. The first-order valence-corrected chi connectivity index (χ1v) is 20.5. The van der Waals surface area contributed by atoms with E-state index in [1.165, 1.54) is 17.4 Å². The predicted molar refractivity (Wildman–Crippen MR) is 194 cm³/mol. The van der Waals surface area contributed by atoms with Gasteiger partial charge in [0.25, 0.3) is 0 Å². The van der Waals surface area contributed by atoms with Crippen LogP contribution >= 0.6 is 11.3 Å². The minimum atomic E-state index is -5.99. The van der Waals surface area contributed by atoms with Gasteiger partial charge in [-0.3, -0.25) is 0 Å². The number of hydrogen-bond donors (Lipinski definition) is 0. The number of ether oxygens (including phenoxy) is 5. The van der Waals surface area contributed by atoms with Crippen LogP contribution in [0, 0.1) is 0 Å². The lowest BCUT2D eigenvalue weighted by Gasteiger charge is -2.42. The van der Waals surface area contributed by atoms with E-state index in [-0.39, 0.29) is 36.5 Å². The molecule has 4 atom stereocenters. The standard InChI is InChI=1S/C38H53F3O8S2/c1-5-9-17-44-26-29-24-34(46-19-11-7-3)37(47-20-12-8-4)36(48-29)31-23-28(22-30-21-27-15-13-14-16-35(27)50-30)32(25-33(31)45-18-10-6-2)49-51(42,43)38(39,40)41/h13-16,21,23,25,29,34,36-37H,5-12,17-20,22,24,26H2,1-4H3/t29-,34-,36-,37+/m0/s1. The topological polar surface area (TPSA) is 89.5 Å². The van der Waals surface area contributed by atoms with E-state index in [1.807, 2.05) is 37.3 Å². The average Bonchev–Trinajstić information content (AvgIpc) is 3.50. The lowest BCUT2D eigenvalue weighted by molar-refractivity contribution is -0.213. The summed E-state index contributed by atoms with van der Waals surface area (Å²) in [5.41, 5.74) is -4.85. The van der Waals surface area contributed by atoms with E-state index in [9.17, 15) is 21.6 Å². The summed E-state index contributed by atoms with van der Waals surface area (Å²) in [5.74, 6) is -0.278. The van der Waals surface area contributed by atoms with Crippen molar-refractivity contribution in [2.45, 2.75) is 122 Å². The van der Waals surface area contributed by atoms with Crippen LogP contribution in [-0.4, -0.2) is 65.3 Å². The van der Waals surface area contributed by atoms with E-state index >= 15 is 0 Å². The number of hydrogen-bond acceptors (Lipinski definition) is 9. The van der Waals surface area contributed by atoms with Gasteiger partial charge in [0.05, 0.1) is 25.4 Å². The van der Waals surface area contributed by atoms with E-state index in [0.717, 1.165) is 59.9 Å². The number of fused-ring (bicyclic) bond motifs is 1. The Bertz CT molecular complexity index is 1560. The molecule has 2 heterocycles. The molecule has 0 amide bonds. The highest BCUT2D eigenvalue weighted by molar-refractivity contribution is 7.88. The molecule has 51 heavy (non-hydrogen) atoms. The van der Waals surface area contributed by atoms with Gasteiger partial charge in [0.15, 0.2) is 0 Å². The Morgan fingerprint density at radius 1 is 0.843 bits per heavy atom. The second-order valence-corrected chi connectivity index (χ2v) is 15.6. The molecular weight excluding hydrogens is 706 g/mol. The van der Waals surface area contributed by atoms with Crippen molar-refractivity contribution in [3.8, 4) is 11.5 Å². The summed E-state index contributed by atoms with van der Waals surface area (Å²) in [6.07, 6.45) is 5.52. The summed E-state index contributed by atoms with van der Waals surface area (Å²) in [6, 6.07) is 12.6. The van der Waals surface area contributed by atoms with Crippen LogP contribution in [0.2, 0.25) is 0 Å². The van der Waals surface area contributed by atoms with Gasteiger partial charge in [0, 0.05) is 59.4 Å². The van der Waals surface area contributed by atoms with Crippen molar-refractivity contribution in [1.82, 2.24) is 0 Å². The van der Waals surface area contributed by atoms with Gasteiger partial charge in [0.2, 0.25) is 0 Å². The smallest absolute Gasteiger partial charge is 0.493 e. The number of rotatable bonds is 22. The second kappa shape index (κ2) is 20.1. The van der Waals surface area contributed by atoms with Crippen LogP contribution in [0.1, 0.15) is 108 Å². The van der Waals surface area contributed by atoms with Gasteiger partial charge >= 0.3 is 15.6 Å². The third-order valence-electron chi connectivity index (χ3n) is 8.66. The molecule has 3 aromatic rings. The van der Waals surface area contributed by atoms with Gasteiger partial charge in [0.1, 0.15) is 23.7 Å². The fourth-order valence-electron chi connectivity index (χ4n) is 5.84. The van der Waals surface area contributed by atoms with E-state index in [4.69, 9.17) is 27.9 Å². The molecular formula is C38H53F3O8S2. The molecule has 1 saturated heterocycles. The van der Waals surface area contributed by atoms with E-state index in [2.05, 4.69) is 20.8 Å². The lowest BCUT2D eigenvalue weighted by atomic mass is 9.90. The Kier molecular flexibility index (Phi) is 16.3. The van der Waals surface area contributed by atoms with Gasteiger partial charge in [-0.25, -0.2) is 0 Å². The van der Waals surface area contributed by atoms with Crippen molar-refractivity contribution in [3.05, 3.63) is 58.5 Å². The summed E-state index contributed by atoms with van der Waals surface area (Å²) in [6.45, 7) is 10.4. The first kappa shape index (κ1) is 41.3. The highest BCUT2D eigenvalue weighted by Gasteiger charge is 2.49. The van der Waals surface area contributed by atoms with Crippen molar-refractivity contribution >= 4 is 31.5 Å². The van der Waals surface area contributed by atoms with Crippen LogP contribution in [0.3, 0.4) is 0 Å². The third-order valence-corrected chi connectivity index (χ3v) is 10.7. The molecule has 0 bridgehead atoms. The van der Waals surface area contributed by atoms with Gasteiger partial charge in [-0.05, 0) is 49.3 Å². The van der Waals surface area contributed by atoms with Crippen LogP contribution in [0.4, 0.5) is 13.2 Å². The zero-order chi connectivity index (χ0) is 36.9. The van der Waals surface area contributed by atoms with Crippen LogP contribution in [0.5, 0.6) is 11.5 Å². The maximum Gasteiger partial charge on any atom is 0.534 e. The molecule has 286 valence electrons. The predicted octanol–water partition coefficient (Wildman–Crippen LogP) is 9.92. The van der Waals surface area contributed by atoms with Crippen LogP contribution in [-0.2, 0) is 35.5 Å². The molecule has 1 fully saturated rings. The lowest BCUT2D eigenvalue weighted by Crippen LogP contribution is -2.48. The van der Waals surface area contributed by atoms with Crippen molar-refractivity contribution in [1.29, 1.82) is 0 Å². The first-order chi connectivity index (χ1) is 24.5. The molecule has 0 aliphatic carbocycles. The van der Waals surface area contributed by atoms with Gasteiger partial charge in [-0.15, -0.1) is 11.3 Å². The molecule has 0 radical (unpaired) electrons. The number of thiophene rings is 1. The normalized spacial score (nSPS) is 19.8. The van der Waals surface area contributed by atoms with Crippen LogP contribution in [0.15, 0.2) is 42.5 Å². The number of unbranched alkanes of at least 4 members (excludes halogenated alkanes) is 4. The molecule has 1 aromatic heterocycles. The molecule has 0 unspecified atom stereocenters. The molecule has 1 aliphatic heterocycles. The monoisotopic (exact) mass is 758 g/mol. The fourth-order valence-corrected chi connectivity index (χ4v) is 7.41. The molecule has 13 heteroatoms. The van der Waals surface area contributed by atoms with E-state index < -0.39 is 33.6 Å². The Labute approximate surface area is 305 Å². The number of benzene rings is 2. The third kappa shape index (κ3) is 11.8. The molecule has 0 N–H and O–H groups in total. The average molecular weight is 759 g/mol. The molecule has 0 spiro atoms. The fraction of sp³-hybridized carbons (Fsp3) is 0.632. The maximum absolute atomic E-state index is 13.7. The first-order valence-electron chi connectivity index (χ1n) is 18.2. The van der Waals surface area contributed by atoms with Crippen LogP contribution < -0.4 is 8.92 Å². The summed E-state index contributed by atoms with van der Waals surface area (Å²) in [5, 5.41) is 0.973. The molecule has 0 saturated carbocycles. The highest BCUT2D eigenvalue weighted by atomic mass is 32.2. The zero-order valence-corrected chi connectivity index (χ0v) is 31.8. The van der Waals surface area contributed by atoms with Crippen molar-refractivity contribution in [3.63, 3.8) is 0 Å². The maximum atomic E-state index is 13.7. The number of halogens is 3. The molecule has 8 nitrogen and oxygen atoms in total. The summed E-state index contributed by atoms with van der Waals surface area (Å²) < 4.78 is 104. The molecule has 2 aromatic carbocycles. The number of alkyl halides is 3.